The fourth-order valence-electron chi connectivity index (χ4n) is 2.06. The van der Waals surface area contributed by atoms with Gasteiger partial charge in [0.2, 0.25) is 11.1 Å². The highest BCUT2D eigenvalue weighted by Gasteiger charge is 2.15. The summed E-state index contributed by atoms with van der Waals surface area (Å²) in [5.41, 5.74) is 3.21. The number of nitrogens with one attached hydrogen (secondary N) is 1. The SMILES string of the molecule is Cc1ccc(-n2nnnc2SCC(=O)N[C@H](C)C(C)C)c(C)c1. The third-order valence-electron chi connectivity index (χ3n) is 3.74. The first-order chi connectivity index (χ1) is 10.9. The molecule has 0 saturated carbocycles. The summed E-state index contributed by atoms with van der Waals surface area (Å²) in [4.78, 5) is 12.0. The van der Waals surface area contributed by atoms with Crippen LogP contribution in [0.4, 0.5) is 0 Å². The van der Waals surface area contributed by atoms with Gasteiger partial charge in [-0.25, -0.2) is 0 Å². The van der Waals surface area contributed by atoms with Crippen LogP contribution in [0.1, 0.15) is 31.9 Å². The highest BCUT2D eigenvalue weighted by atomic mass is 32.2. The molecular weight excluding hydrogens is 310 g/mol. The maximum absolute atomic E-state index is 12.0. The van der Waals surface area contributed by atoms with Crippen molar-refractivity contribution in [2.45, 2.75) is 45.8 Å². The van der Waals surface area contributed by atoms with Crippen LogP contribution in [0.25, 0.3) is 5.69 Å². The van der Waals surface area contributed by atoms with Gasteiger partial charge in [-0.2, -0.15) is 4.68 Å². The van der Waals surface area contributed by atoms with E-state index in [1.54, 1.807) is 4.68 Å². The number of hydrogen-bond acceptors (Lipinski definition) is 5. The lowest BCUT2D eigenvalue weighted by atomic mass is 10.1. The van der Waals surface area contributed by atoms with Gasteiger partial charge in [0.25, 0.3) is 0 Å². The molecule has 124 valence electrons. The molecule has 0 radical (unpaired) electrons. The third kappa shape index (κ3) is 4.54. The molecule has 2 rings (SSSR count). The second-order valence-corrected chi connectivity index (χ2v) is 6.99. The first-order valence-corrected chi connectivity index (χ1v) is 8.65. The third-order valence-corrected chi connectivity index (χ3v) is 4.66. The Morgan fingerprint density at radius 3 is 2.70 bits per heavy atom. The van der Waals surface area contributed by atoms with Crippen molar-refractivity contribution in [1.29, 1.82) is 0 Å². The Labute approximate surface area is 141 Å². The van der Waals surface area contributed by atoms with Gasteiger partial charge in [-0.1, -0.05) is 43.3 Å². The molecule has 1 amide bonds. The Bertz CT molecular complexity index is 683. The van der Waals surface area contributed by atoms with Crippen molar-refractivity contribution in [3.63, 3.8) is 0 Å². The van der Waals surface area contributed by atoms with Crippen molar-refractivity contribution in [3.8, 4) is 5.69 Å². The quantitative estimate of drug-likeness (QED) is 0.823. The highest BCUT2D eigenvalue weighted by molar-refractivity contribution is 7.99. The van der Waals surface area contributed by atoms with Crippen LogP contribution in [0.2, 0.25) is 0 Å². The molecule has 2 aromatic rings. The Balaban J connectivity index is 2.06. The molecule has 0 aliphatic heterocycles. The lowest BCUT2D eigenvalue weighted by Gasteiger charge is -2.17. The summed E-state index contributed by atoms with van der Waals surface area (Å²) in [6.45, 7) is 10.2. The second kappa shape index (κ2) is 7.59. The fourth-order valence-corrected chi connectivity index (χ4v) is 2.75. The van der Waals surface area contributed by atoms with E-state index in [1.807, 2.05) is 32.9 Å². The smallest absolute Gasteiger partial charge is 0.230 e. The van der Waals surface area contributed by atoms with Gasteiger partial charge < -0.3 is 5.32 Å². The van der Waals surface area contributed by atoms with Crippen LogP contribution in [0, 0.1) is 19.8 Å². The maximum Gasteiger partial charge on any atom is 0.230 e. The summed E-state index contributed by atoms with van der Waals surface area (Å²) in [6, 6.07) is 6.25. The van der Waals surface area contributed by atoms with E-state index in [4.69, 9.17) is 0 Å². The van der Waals surface area contributed by atoms with Crippen LogP contribution < -0.4 is 5.32 Å². The van der Waals surface area contributed by atoms with Crippen LogP contribution in [0.3, 0.4) is 0 Å². The van der Waals surface area contributed by atoms with E-state index in [1.165, 1.54) is 17.3 Å². The molecule has 1 heterocycles. The lowest BCUT2D eigenvalue weighted by molar-refractivity contribution is -0.119. The van der Waals surface area contributed by atoms with Crippen molar-refractivity contribution < 1.29 is 4.79 Å². The molecule has 0 fully saturated rings. The number of amides is 1. The Hall–Kier alpha value is -1.89. The molecule has 0 bridgehead atoms. The highest BCUT2D eigenvalue weighted by Crippen LogP contribution is 2.21. The molecule has 0 saturated heterocycles. The van der Waals surface area contributed by atoms with Gasteiger partial charge in [-0.3, -0.25) is 4.79 Å². The van der Waals surface area contributed by atoms with Gasteiger partial charge in [0.1, 0.15) is 0 Å². The summed E-state index contributed by atoms with van der Waals surface area (Å²) in [7, 11) is 0. The van der Waals surface area contributed by atoms with Crippen LogP contribution in [-0.4, -0.2) is 37.9 Å². The minimum Gasteiger partial charge on any atom is -0.353 e. The van der Waals surface area contributed by atoms with Crippen LogP contribution in [-0.2, 0) is 4.79 Å². The first-order valence-electron chi connectivity index (χ1n) is 7.66. The van der Waals surface area contributed by atoms with Crippen molar-refractivity contribution in [3.05, 3.63) is 29.3 Å². The zero-order valence-corrected chi connectivity index (χ0v) is 15.0. The Kier molecular flexibility index (Phi) is 5.76. The van der Waals surface area contributed by atoms with E-state index in [0.29, 0.717) is 16.8 Å². The van der Waals surface area contributed by atoms with Crippen molar-refractivity contribution in [2.75, 3.05) is 5.75 Å². The number of nitrogens with zero attached hydrogens (tertiary/aromatic N) is 4. The average molecular weight is 333 g/mol. The van der Waals surface area contributed by atoms with E-state index in [-0.39, 0.29) is 11.9 Å². The van der Waals surface area contributed by atoms with Crippen LogP contribution >= 0.6 is 11.8 Å². The molecule has 1 aromatic heterocycles. The standard InChI is InChI=1S/C16H23N5OS/c1-10(2)13(5)17-15(22)9-23-16-18-19-20-21(16)14-7-6-11(3)8-12(14)4/h6-8,10,13H,9H2,1-5H3,(H,17,22)/t13-/m1/s1. The predicted molar refractivity (Wildman–Crippen MR) is 91.8 cm³/mol. The van der Waals surface area contributed by atoms with Crippen molar-refractivity contribution >= 4 is 17.7 Å². The van der Waals surface area contributed by atoms with Crippen molar-refractivity contribution in [1.82, 2.24) is 25.5 Å². The maximum atomic E-state index is 12.0. The number of hydrogen-bond donors (Lipinski definition) is 1. The monoisotopic (exact) mass is 333 g/mol. The van der Waals surface area contributed by atoms with E-state index in [0.717, 1.165) is 11.3 Å². The van der Waals surface area contributed by atoms with Gasteiger partial charge in [-0.15, -0.1) is 5.10 Å². The predicted octanol–water partition coefficient (Wildman–Crippen LogP) is 2.53. The minimum absolute atomic E-state index is 0.00798. The molecule has 1 aromatic carbocycles. The topological polar surface area (TPSA) is 72.7 Å². The van der Waals surface area contributed by atoms with Crippen molar-refractivity contribution in [2.24, 2.45) is 5.92 Å². The number of benzene rings is 1. The van der Waals surface area contributed by atoms with E-state index in [2.05, 4.69) is 40.8 Å². The molecule has 0 aliphatic carbocycles. The number of rotatable bonds is 6. The molecule has 23 heavy (non-hydrogen) atoms. The molecule has 6 nitrogen and oxygen atoms in total. The molecule has 1 atom stereocenters. The van der Waals surface area contributed by atoms with E-state index < -0.39 is 0 Å². The Morgan fingerprint density at radius 2 is 2.04 bits per heavy atom. The fraction of sp³-hybridized carbons (Fsp3) is 0.500. The van der Waals surface area contributed by atoms with Gasteiger partial charge in [0.05, 0.1) is 11.4 Å². The normalized spacial score (nSPS) is 12.4. The largest absolute Gasteiger partial charge is 0.353 e. The molecule has 0 aliphatic rings. The number of aromatic nitrogens is 4. The Morgan fingerprint density at radius 1 is 1.30 bits per heavy atom. The number of carbonyl (C=O) groups excluding carboxylic acids is 1. The zero-order chi connectivity index (χ0) is 17.0. The van der Waals surface area contributed by atoms with Crippen LogP contribution in [0.5, 0.6) is 0 Å². The van der Waals surface area contributed by atoms with Gasteiger partial charge in [0, 0.05) is 6.04 Å². The molecule has 1 N–H and O–H groups in total. The molecule has 0 spiro atoms. The van der Waals surface area contributed by atoms with Crippen LogP contribution in [0.15, 0.2) is 23.4 Å². The molecule has 0 unspecified atom stereocenters. The number of carbonyl (C=O) groups is 1. The molecular formula is C16H23N5OS. The number of thioether (sulfide) groups is 1. The summed E-state index contributed by atoms with van der Waals surface area (Å²) < 4.78 is 1.68. The zero-order valence-electron chi connectivity index (χ0n) is 14.2. The molecule has 7 heteroatoms. The summed E-state index contributed by atoms with van der Waals surface area (Å²) >= 11 is 1.34. The number of tetrazole rings is 1. The van der Waals surface area contributed by atoms with Gasteiger partial charge in [-0.05, 0) is 48.7 Å². The summed E-state index contributed by atoms with van der Waals surface area (Å²) in [5.74, 6) is 0.693. The number of aryl methyl sites for hydroxylation is 2. The van der Waals surface area contributed by atoms with Gasteiger partial charge >= 0.3 is 0 Å². The van der Waals surface area contributed by atoms with E-state index >= 15 is 0 Å². The summed E-state index contributed by atoms with van der Waals surface area (Å²) in [5, 5.41) is 15.4. The summed E-state index contributed by atoms with van der Waals surface area (Å²) in [6.07, 6.45) is 0. The van der Waals surface area contributed by atoms with E-state index in [9.17, 15) is 4.79 Å². The second-order valence-electron chi connectivity index (χ2n) is 6.05. The average Bonchev–Trinajstić information content (AvgIpc) is 2.93. The first kappa shape index (κ1) is 17.5. The van der Waals surface area contributed by atoms with Gasteiger partial charge in [0.15, 0.2) is 0 Å². The lowest BCUT2D eigenvalue weighted by Crippen LogP contribution is -2.37. The minimum atomic E-state index is -0.00798.